The molecule has 10 N–H and O–H groups in total. The van der Waals surface area contributed by atoms with Crippen LogP contribution in [0.15, 0.2) is 0 Å². The molecule has 0 aromatic rings. The number of carbonyl (C=O) groups excluding carboxylic acids is 2. The van der Waals surface area contributed by atoms with E-state index < -0.39 is 24.0 Å². The van der Waals surface area contributed by atoms with Crippen molar-refractivity contribution in [3.05, 3.63) is 0 Å². The average Bonchev–Trinajstić information content (AvgIpc) is 2.39. The Morgan fingerprint density at radius 1 is 0.810 bits per heavy atom. The van der Waals surface area contributed by atoms with Crippen molar-refractivity contribution in [3.8, 4) is 0 Å². The minimum atomic E-state index is -1.16. The van der Waals surface area contributed by atoms with Gasteiger partial charge in [0.2, 0.25) is 0 Å². The van der Waals surface area contributed by atoms with Gasteiger partial charge in [-0.2, -0.15) is 0 Å². The molecule has 0 saturated heterocycles. The van der Waals surface area contributed by atoms with Gasteiger partial charge >= 0.3 is 23.1 Å². The van der Waals surface area contributed by atoms with E-state index in [2.05, 4.69) is 11.5 Å². The monoisotopic (exact) mass is 316 g/mol. The molecule has 0 amide bonds. The molecule has 9 heteroatoms. The molecule has 0 radical (unpaired) electrons. The van der Waals surface area contributed by atoms with E-state index in [0.29, 0.717) is 12.8 Å². The van der Waals surface area contributed by atoms with Crippen molar-refractivity contribution in [2.75, 3.05) is 13.1 Å². The quantitative estimate of drug-likeness (QED) is 0.230. The summed E-state index contributed by atoms with van der Waals surface area (Å²) < 4.78 is 0. The van der Waals surface area contributed by atoms with Crippen LogP contribution in [0, 0.1) is 0 Å². The van der Waals surface area contributed by atoms with Crippen LogP contribution in [0.1, 0.15) is 38.5 Å². The summed E-state index contributed by atoms with van der Waals surface area (Å²) in [6, 6.07) is -1.60. The van der Waals surface area contributed by atoms with E-state index >= 15 is 0 Å². The summed E-state index contributed by atoms with van der Waals surface area (Å²) in [6.45, 7) is 1.67. The molecule has 0 unspecified atom stereocenters. The predicted octanol–water partition coefficient (Wildman–Crippen LogP) is -5.43. The molecule has 0 saturated carbocycles. The first-order valence-electron chi connectivity index (χ1n) is 6.88. The number of rotatable bonds is 10. The van der Waals surface area contributed by atoms with Crippen molar-refractivity contribution >= 4 is 35.0 Å². The average molecular weight is 317 g/mol. The van der Waals surface area contributed by atoms with E-state index in [4.69, 9.17) is 11.5 Å². The first kappa shape index (κ1) is 25.5. The number of unbranched alkanes of at least 4 members (excludes halogenated alkanes) is 2. The Bertz CT molecular complexity index is 244. The normalized spacial score (nSPS) is 12.4. The Morgan fingerprint density at radius 2 is 1.10 bits per heavy atom. The maximum absolute atomic E-state index is 10.0. The zero-order valence-electron chi connectivity index (χ0n) is 12.7. The smallest absolute Gasteiger partial charge is 0.548 e. The molecular formula is C12H28MgN4O4+2. The fourth-order valence-corrected chi connectivity index (χ4v) is 1.32. The number of hydrogen-bond acceptors (Lipinski definition) is 6. The van der Waals surface area contributed by atoms with Crippen LogP contribution < -0.4 is 33.1 Å². The maximum Gasteiger partial charge on any atom is 2.00 e. The van der Waals surface area contributed by atoms with Crippen molar-refractivity contribution in [3.63, 3.8) is 0 Å². The summed E-state index contributed by atoms with van der Waals surface area (Å²) in [7, 11) is 0. The van der Waals surface area contributed by atoms with Crippen LogP contribution in [0.2, 0.25) is 0 Å². The van der Waals surface area contributed by atoms with Gasteiger partial charge in [0.1, 0.15) is 0 Å². The molecule has 0 bridgehead atoms. The van der Waals surface area contributed by atoms with Crippen molar-refractivity contribution in [1.29, 1.82) is 0 Å². The molecule has 2 atom stereocenters. The Hall–Kier alpha value is -0.454. The van der Waals surface area contributed by atoms with E-state index in [9.17, 15) is 19.8 Å². The minimum absolute atomic E-state index is 0. The van der Waals surface area contributed by atoms with Crippen LogP contribution in [-0.4, -0.2) is 60.2 Å². The van der Waals surface area contributed by atoms with Gasteiger partial charge < -0.3 is 42.7 Å². The summed E-state index contributed by atoms with van der Waals surface area (Å²) in [5.74, 6) is -2.33. The second-order valence-corrected chi connectivity index (χ2v) is 4.55. The number of carboxylic acids is 2. The minimum Gasteiger partial charge on any atom is -0.548 e. The van der Waals surface area contributed by atoms with Crippen molar-refractivity contribution in [2.24, 2.45) is 11.5 Å². The van der Waals surface area contributed by atoms with Crippen molar-refractivity contribution < 1.29 is 31.3 Å². The van der Waals surface area contributed by atoms with Gasteiger partial charge in [-0.3, -0.25) is 0 Å². The zero-order chi connectivity index (χ0) is 16.0. The van der Waals surface area contributed by atoms with Gasteiger partial charge in [0.25, 0.3) is 0 Å². The van der Waals surface area contributed by atoms with Crippen LogP contribution in [0.3, 0.4) is 0 Å². The van der Waals surface area contributed by atoms with E-state index in [1.165, 1.54) is 0 Å². The zero-order valence-corrected chi connectivity index (χ0v) is 14.1. The van der Waals surface area contributed by atoms with Crippen LogP contribution in [0.4, 0.5) is 0 Å². The molecule has 0 fully saturated rings. The summed E-state index contributed by atoms with van der Waals surface area (Å²) in [5, 5.41) is 20.1. The number of quaternary nitrogens is 2. The number of carbonyl (C=O) groups is 2. The van der Waals surface area contributed by atoms with E-state index in [1.54, 1.807) is 0 Å². The standard InChI is InChI=1S/2C6H14N2O2.Mg/c2*7-4-2-1-3-5(8)6(9)10;/h2*5H,1-4,7-8H2,(H,9,10);/q;;+2/t2*5-;/m00./s1. The number of aliphatic carboxylic acids is 2. The van der Waals surface area contributed by atoms with Crippen molar-refractivity contribution in [1.82, 2.24) is 0 Å². The summed E-state index contributed by atoms with van der Waals surface area (Å²) >= 11 is 0. The van der Waals surface area contributed by atoms with Crippen LogP contribution >= 0.6 is 0 Å². The van der Waals surface area contributed by atoms with Gasteiger partial charge in [0.15, 0.2) is 0 Å². The molecule has 21 heavy (non-hydrogen) atoms. The molecule has 0 aliphatic carbocycles. The molecule has 0 rings (SSSR count). The van der Waals surface area contributed by atoms with Crippen LogP contribution in [0.5, 0.6) is 0 Å². The fourth-order valence-electron chi connectivity index (χ4n) is 1.32. The Morgan fingerprint density at radius 3 is 1.29 bits per heavy atom. The summed E-state index contributed by atoms with van der Waals surface area (Å²) in [4.78, 5) is 20.1. The first-order chi connectivity index (χ1) is 9.36. The van der Waals surface area contributed by atoms with Gasteiger partial charge in [-0.25, -0.2) is 0 Å². The molecule has 0 spiro atoms. The maximum atomic E-state index is 10.0. The first-order valence-corrected chi connectivity index (χ1v) is 6.88. The van der Waals surface area contributed by atoms with E-state index in [-0.39, 0.29) is 23.1 Å². The summed E-state index contributed by atoms with van der Waals surface area (Å²) in [5.41, 5.74) is 17.6. The van der Waals surface area contributed by atoms with E-state index in [0.717, 1.165) is 38.8 Å². The predicted molar refractivity (Wildman–Crippen MR) is 74.9 cm³/mol. The molecule has 8 nitrogen and oxygen atoms in total. The third-order valence-electron chi connectivity index (χ3n) is 2.64. The fraction of sp³-hybridized carbons (Fsp3) is 0.833. The second-order valence-electron chi connectivity index (χ2n) is 4.55. The molecular weight excluding hydrogens is 288 g/mol. The Labute approximate surface area is 141 Å². The topological polar surface area (TPSA) is 188 Å². The SMILES string of the molecule is N[C@@H](CCCC[NH3+])C(=O)[O-].N[C@@H](CCCC[NH3+])C(=O)[O-].[Mg+2]. The van der Waals surface area contributed by atoms with Crippen LogP contribution in [-0.2, 0) is 9.59 Å². The molecule has 0 aromatic heterocycles. The van der Waals surface area contributed by atoms with Gasteiger partial charge in [0.05, 0.1) is 25.0 Å². The summed E-state index contributed by atoms with van der Waals surface area (Å²) in [6.07, 6.45) is 4.49. The van der Waals surface area contributed by atoms with E-state index in [1.807, 2.05) is 0 Å². The van der Waals surface area contributed by atoms with Crippen LogP contribution in [0.25, 0.3) is 0 Å². The molecule has 0 aromatic carbocycles. The second kappa shape index (κ2) is 17.6. The third kappa shape index (κ3) is 19.5. The van der Waals surface area contributed by atoms with Gasteiger partial charge in [0, 0.05) is 12.1 Å². The van der Waals surface area contributed by atoms with Gasteiger partial charge in [-0.1, -0.05) is 0 Å². The Balaban J connectivity index is -0.000000295. The molecule has 0 heterocycles. The molecule has 0 aliphatic heterocycles. The largest absolute Gasteiger partial charge is 2.00 e. The third-order valence-corrected chi connectivity index (χ3v) is 2.64. The van der Waals surface area contributed by atoms with Gasteiger partial charge in [-0.05, 0) is 38.5 Å². The number of hydrogen-bond donors (Lipinski definition) is 4. The number of carboxylic acid groups (broad SMARTS) is 2. The molecule has 0 aliphatic rings. The number of nitrogens with two attached hydrogens (primary N) is 2. The van der Waals surface area contributed by atoms with Gasteiger partial charge in [-0.15, -0.1) is 0 Å². The van der Waals surface area contributed by atoms with Crippen molar-refractivity contribution in [2.45, 2.75) is 50.6 Å². The Kier molecular flexibility index (Phi) is 21.4. The molecule has 120 valence electrons.